The number of rotatable bonds is 5. The lowest BCUT2D eigenvalue weighted by Crippen LogP contribution is -1.96. The number of esters is 1. The van der Waals surface area contributed by atoms with Crippen LogP contribution in [0, 0.1) is 0 Å². The van der Waals surface area contributed by atoms with Gasteiger partial charge in [0.25, 0.3) is 0 Å². The fraction of sp³-hybridized carbons (Fsp3) is 0.214. The number of ether oxygens (including phenoxy) is 2. The van der Waals surface area contributed by atoms with E-state index in [1.165, 1.54) is 6.92 Å². The number of hydrogen-bond acceptors (Lipinski definition) is 3. The molecule has 3 nitrogen and oxygen atoms in total. The molecule has 3 heteroatoms. The summed E-state index contributed by atoms with van der Waals surface area (Å²) < 4.78 is 9.81. The van der Waals surface area contributed by atoms with Crippen molar-refractivity contribution in [2.24, 2.45) is 0 Å². The Labute approximate surface area is 101 Å². The van der Waals surface area contributed by atoms with Crippen LogP contribution in [0.1, 0.15) is 12.5 Å². The molecule has 90 valence electrons. The van der Waals surface area contributed by atoms with Crippen LogP contribution in [0.3, 0.4) is 0 Å². The van der Waals surface area contributed by atoms with E-state index in [1.807, 2.05) is 42.5 Å². The van der Waals surface area contributed by atoms with Crippen LogP contribution in [0.15, 0.2) is 42.5 Å². The van der Waals surface area contributed by atoms with Crippen LogP contribution in [0.5, 0.6) is 5.75 Å². The van der Waals surface area contributed by atoms with Crippen molar-refractivity contribution in [2.75, 3.05) is 13.7 Å². The van der Waals surface area contributed by atoms with Gasteiger partial charge >= 0.3 is 5.97 Å². The molecule has 0 spiro atoms. The van der Waals surface area contributed by atoms with Gasteiger partial charge in [-0.1, -0.05) is 30.4 Å². The van der Waals surface area contributed by atoms with E-state index >= 15 is 0 Å². The van der Waals surface area contributed by atoms with E-state index in [-0.39, 0.29) is 5.97 Å². The van der Waals surface area contributed by atoms with Gasteiger partial charge in [0.15, 0.2) is 0 Å². The van der Waals surface area contributed by atoms with Gasteiger partial charge in [0.05, 0.1) is 7.11 Å². The van der Waals surface area contributed by atoms with Crippen molar-refractivity contribution in [3.05, 3.63) is 48.1 Å². The molecule has 0 aliphatic heterocycles. The fourth-order valence-corrected chi connectivity index (χ4v) is 1.18. The second kappa shape index (κ2) is 7.28. The number of allylic oxidation sites excluding steroid dienone is 2. The maximum absolute atomic E-state index is 10.5. The smallest absolute Gasteiger partial charge is 0.302 e. The zero-order valence-corrected chi connectivity index (χ0v) is 10.1. The van der Waals surface area contributed by atoms with Crippen LogP contribution in [-0.2, 0) is 9.53 Å². The summed E-state index contributed by atoms with van der Waals surface area (Å²) in [5, 5.41) is 0. The first kappa shape index (κ1) is 13.0. The molecule has 1 aromatic rings. The summed E-state index contributed by atoms with van der Waals surface area (Å²) in [7, 11) is 1.64. The summed E-state index contributed by atoms with van der Waals surface area (Å²) in [4.78, 5) is 10.5. The van der Waals surface area contributed by atoms with Gasteiger partial charge < -0.3 is 9.47 Å². The first-order valence-corrected chi connectivity index (χ1v) is 5.33. The third kappa shape index (κ3) is 5.56. The molecule has 0 N–H and O–H groups in total. The van der Waals surface area contributed by atoms with Crippen LogP contribution < -0.4 is 4.74 Å². The molecule has 0 fully saturated rings. The van der Waals surface area contributed by atoms with Crippen LogP contribution in [0.2, 0.25) is 0 Å². The first-order valence-electron chi connectivity index (χ1n) is 5.33. The van der Waals surface area contributed by atoms with Crippen molar-refractivity contribution in [2.45, 2.75) is 6.92 Å². The highest BCUT2D eigenvalue weighted by Crippen LogP contribution is 2.12. The summed E-state index contributed by atoms with van der Waals surface area (Å²) in [5.74, 6) is 0.571. The summed E-state index contributed by atoms with van der Waals surface area (Å²) >= 11 is 0. The molecule has 17 heavy (non-hydrogen) atoms. The monoisotopic (exact) mass is 232 g/mol. The normalized spacial score (nSPS) is 10.9. The molecule has 0 aliphatic rings. The van der Waals surface area contributed by atoms with E-state index in [9.17, 15) is 4.79 Å². The largest absolute Gasteiger partial charge is 0.497 e. The maximum Gasteiger partial charge on any atom is 0.302 e. The van der Waals surface area contributed by atoms with E-state index in [1.54, 1.807) is 13.2 Å². The standard InChI is InChI=1S/C14H16O3/c1-12(15)17-11-5-3-4-6-13-7-9-14(16-2)10-8-13/h3-10H,11H2,1-2H3/b5-3+,6-4+. The fourth-order valence-electron chi connectivity index (χ4n) is 1.18. The number of carbonyl (C=O) groups is 1. The highest BCUT2D eigenvalue weighted by Gasteiger charge is 1.89. The van der Waals surface area contributed by atoms with Gasteiger partial charge in [-0.15, -0.1) is 0 Å². The third-order valence-electron chi connectivity index (χ3n) is 2.03. The van der Waals surface area contributed by atoms with E-state index in [0.717, 1.165) is 11.3 Å². The minimum atomic E-state index is -0.270. The Morgan fingerprint density at radius 3 is 2.53 bits per heavy atom. The Bertz CT molecular complexity index is 402. The molecule has 0 saturated heterocycles. The van der Waals surface area contributed by atoms with Gasteiger partial charge in [-0.25, -0.2) is 0 Å². The topological polar surface area (TPSA) is 35.5 Å². The van der Waals surface area contributed by atoms with Crippen LogP contribution in [0.25, 0.3) is 6.08 Å². The number of carbonyl (C=O) groups excluding carboxylic acids is 1. The molecular formula is C14H16O3. The number of benzene rings is 1. The van der Waals surface area contributed by atoms with Gasteiger partial charge in [0.1, 0.15) is 12.4 Å². The van der Waals surface area contributed by atoms with Gasteiger partial charge in [-0.2, -0.15) is 0 Å². The van der Waals surface area contributed by atoms with E-state index in [4.69, 9.17) is 9.47 Å². The lowest BCUT2D eigenvalue weighted by atomic mass is 10.2. The molecule has 0 heterocycles. The van der Waals surface area contributed by atoms with Crippen molar-refractivity contribution in [1.82, 2.24) is 0 Å². The van der Waals surface area contributed by atoms with Crippen LogP contribution in [-0.4, -0.2) is 19.7 Å². The lowest BCUT2D eigenvalue weighted by molar-refractivity contribution is -0.139. The lowest BCUT2D eigenvalue weighted by Gasteiger charge is -1.98. The van der Waals surface area contributed by atoms with Crippen molar-refractivity contribution >= 4 is 12.0 Å². The number of hydrogen-bond donors (Lipinski definition) is 0. The summed E-state index contributed by atoms with van der Waals surface area (Å²) in [6.45, 7) is 1.70. The van der Waals surface area contributed by atoms with E-state index in [2.05, 4.69) is 0 Å². The molecule has 0 aliphatic carbocycles. The van der Waals surface area contributed by atoms with Crippen molar-refractivity contribution < 1.29 is 14.3 Å². The predicted molar refractivity (Wildman–Crippen MR) is 67.8 cm³/mol. The molecule has 1 rings (SSSR count). The van der Waals surface area contributed by atoms with Crippen LogP contribution >= 0.6 is 0 Å². The summed E-state index contributed by atoms with van der Waals surface area (Å²) in [6, 6.07) is 7.75. The quantitative estimate of drug-likeness (QED) is 0.578. The highest BCUT2D eigenvalue weighted by molar-refractivity contribution is 5.66. The molecule has 0 unspecified atom stereocenters. The Hall–Kier alpha value is -2.03. The summed E-state index contributed by atoms with van der Waals surface area (Å²) in [6.07, 6.45) is 7.48. The van der Waals surface area contributed by atoms with Crippen molar-refractivity contribution in [1.29, 1.82) is 0 Å². The Kier molecular flexibility index (Phi) is 5.58. The SMILES string of the molecule is COc1ccc(/C=C/C=C/COC(C)=O)cc1. The van der Waals surface area contributed by atoms with Gasteiger partial charge in [-0.05, 0) is 23.8 Å². The minimum Gasteiger partial charge on any atom is -0.497 e. The molecule has 0 amide bonds. The molecule has 0 saturated carbocycles. The van der Waals surface area contributed by atoms with E-state index < -0.39 is 0 Å². The van der Waals surface area contributed by atoms with Crippen molar-refractivity contribution in [3.8, 4) is 5.75 Å². The average molecular weight is 232 g/mol. The van der Waals surface area contributed by atoms with Gasteiger partial charge in [0, 0.05) is 6.92 Å². The van der Waals surface area contributed by atoms with Gasteiger partial charge in [0.2, 0.25) is 0 Å². The van der Waals surface area contributed by atoms with E-state index in [0.29, 0.717) is 6.61 Å². The third-order valence-corrected chi connectivity index (χ3v) is 2.03. The maximum atomic E-state index is 10.5. The summed E-state index contributed by atoms with van der Waals surface area (Å²) in [5.41, 5.74) is 1.09. The minimum absolute atomic E-state index is 0.270. The molecule has 0 bridgehead atoms. The first-order chi connectivity index (χ1) is 8.22. The highest BCUT2D eigenvalue weighted by atomic mass is 16.5. The van der Waals surface area contributed by atoms with Gasteiger partial charge in [-0.3, -0.25) is 4.79 Å². The van der Waals surface area contributed by atoms with Crippen molar-refractivity contribution in [3.63, 3.8) is 0 Å². The zero-order chi connectivity index (χ0) is 12.5. The molecule has 1 aromatic carbocycles. The second-order valence-electron chi connectivity index (χ2n) is 3.36. The molecule has 0 atom stereocenters. The molecule has 0 radical (unpaired) electrons. The zero-order valence-electron chi connectivity index (χ0n) is 10.1. The second-order valence-corrected chi connectivity index (χ2v) is 3.36. The number of methoxy groups -OCH3 is 1. The Morgan fingerprint density at radius 1 is 1.24 bits per heavy atom. The predicted octanol–water partition coefficient (Wildman–Crippen LogP) is 2.83. The molecular weight excluding hydrogens is 216 g/mol. The van der Waals surface area contributed by atoms with Crippen LogP contribution in [0.4, 0.5) is 0 Å². The Morgan fingerprint density at radius 2 is 1.94 bits per heavy atom. The molecule has 0 aromatic heterocycles. The average Bonchev–Trinajstić information content (AvgIpc) is 2.34. The Balaban J connectivity index is 2.39.